The van der Waals surface area contributed by atoms with Crippen LogP contribution in [0.3, 0.4) is 0 Å². The molecular formula is C24H21F4N3O4. The second kappa shape index (κ2) is 10.2. The molecule has 0 unspecified atom stereocenters. The molecule has 3 aromatic rings. The van der Waals surface area contributed by atoms with Crippen LogP contribution in [0.15, 0.2) is 65.6 Å². The molecule has 1 aliphatic heterocycles. The van der Waals surface area contributed by atoms with Crippen molar-refractivity contribution in [1.82, 2.24) is 14.8 Å². The largest absolute Gasteiger partial charge is 0.573 e. The van der Waals surface area contributed by atoms with Crippen LogP contribution in [0.4, 0.5) is 17.6 Å². The third-order valence-corrected chi connectivity index (χ3v) is 5.33. The smallest absolute Gasteiger partial charge is 0.491 e. The fraction of sp³-hybridized carbons (Fsp3) is 0.250. The fourth-order valence-electron chi connectivity index (χ4n) is 3.64. The Labute approximate surface area is 197 Å². The zero-order chi connectivity index (χ0) is 25.0. The van der Waals surface area contributed by atoms with Crippen molar-refractivity contribution in [3.8, 4) is 28.3 Å². The molecule has 0 saturated carbocycles. The highest BCUT2D eigenvalue weighted by Gasteiger charge is 2.31. The van der Waals surface area contributed by atoms with Crippen LogP contribution < -0.4 is 20.3 Å². The van der Waals surface area contributed by atoms with Gasteiger partial charge in [-0.15, -0.1) is 13.2 Å². The Morgan fingerprint density at radius 2 is 1.71 bits per heavy atom. The maximum absolute atomic E-state index is 13.5. The standard InChI is InChI=1S/C24H21F4N3O4/c25-17-3-1-16(2-4-17)20-15-31(18-5-7-19(8-6-18)35-24(26,27)28)22(32)13-21(20)34-12-11-30-10-9-29-14-23(30)33/h1-8,13,15,29H,9-12,14H2. The van der Waals surface area contributed by atoms with E-state index in [1.807, 2.05) is 0 Å². The van der Waals surface area contributed by atoms with E-state index in [4.69, 9.17) is 4.74 Å². The number of hydrogen-bond donors (Lipinski definition) is 1. The Morgan fingerprint density at radius 1 is 1.00 bits per heavy atom. The number of carbonyl (C=O) groups is 1. The van der Waals surface area contributed by atoms with Gasteiger partial charge in [-0.1, -0.05) is 12.1 Å². The number of piperazine rings is 1. The average molecular weight is 491 g/mol. The Balaban J connectivity index is 1.63. The number of aromatic nitrogens is 1. The molecule has 1 aromatic heterocycles. The van der Waals surface area contributed by atoms with Gasteiger partial charge < -0.3 is 19.7 Å². The van der Waals surface area contributed by atoms with Gasteiger partial charge >= 0.3 is 6.36 Å². The van der Waals surface area contributed by atoms with Crippen molar-refractivity contribution in [1.29, 1.82) is 0 Å². The molecule has 0 atom stereocenters. The summed E-state index contributed by atoms with van der Waals surface area (Å²) in [5.74, 6) is -0.679. The minimum Gasteiger partial charge on any atom is -0.491 e. The summed E-state index contributed by atoms with van der Waals surface area (Å²) in [7, 11) is 0. The maximum Gasteiger partial charge on any atom is 0.573 e. The Kier molecular flexibility index (Phi) is 7.06. The van der Waals surface area contributed by atoms with Gasteiger partial charge in [-0.25, -0.2) is 4.39 Å². The molecule has 2 heterocycles. The summed E-state index contributed by atoms with van der Waals surface area (Å²) in [4.78, 5) is 26.5. The number of carbonyl (C=O) groups excluding carboxylic acids is 1. The fourth-order valence-corrected chi connectivity index (χ4v) is 3.64. The summed E-state index contributed by atoms with van der Waals surface area (Å²) in [5.41, 5.74) is 0.830. The molecule has 11 heteroatoms. The molecule has 1 aliphatic rings. The molecule has 2 aromatic carbocycles. The number of amides is 1. The molecule has 184 valence electrons. The molecular weight excluding hydrogens is 470 g/mol. The van der Waals surface area contributed by atoms with Crippen molar-refractivity contribution in [2.24, 2.45) is 0 Å². The highest BCUT2D eigenvalue weighted by Crippen LogP contribution is 2.30. The number of benzene rings is 2. The van der Waals surface area contributed by atoms with Gasteiger partial charge in [0, 0.05) is 36.6 Å². The van der Waals surface area contributed by atoms with Crippen LogP contribution >= 0.6 is 0 Å². The molecule has 0 spiro atoms. The predicted octanol–water partition coefficient (Wildman–Crippen LogP) is 3.35. The lowest BCUT2D eigenvalue weighted by Crippen LogP contribution is -2.49. The van der Waals surface area contributed by atoms with Crippen LogP contribution in [0.25, 0.3) is 16.8 Å². The first kappa shape index (κ1) is 24.3. The third kappa shape index (κ3) is 6.18. The number of ether oxygens (including phenoxy) is 2. The summed E-state index contributed by atoms with van der Waals surface area (Å²) < 4.78 is 61.8. The van der Waals surface area contributed by atoms with E-state index in [1.165, 1.54) is 53.2 Å². The third-order valence-electron chi connectivity index (χ3n) is 5.33. The molecule has 1 fully saturated rings. The topological polar surface area (TPSA) is 72.8 Å². The van der Waals surface area contributed by atoms with Crippen molar-refractivity contribution < 1.29 is 31.8 Å². The van der Waals surface area contributed by atoms with E-state index >= 15 is 0 Å². The van der Waals surface area contributed by atoms with E-state index in [0.717, 1.165) is 12.1 Å². The van der Waals surface area contributed by atoms with Gasteiger partial charge in [-0.2, -0.15) is 0 Å². The van der Waals surface area contributed by atoms with Gasteiger partial charge in [-0.05, 0) is 42.0 Å². The van der Waals surface area contributed by atoms with Gasteiger partial charge in [0.1, 0.15) is 23.9 Å². The number of nitrogens with zero attached hydrogens (tertiary/aromatic N) is 2. The van der Waals surface area contributed by atoms with Crippen LogP contribution in [-0.4, -0.2) is 54.5 Å². The van der Waals surface area contributed by atoms with E-state index in [-0.39, 0.29) is 24.8 Å². The maximum atomic E-state index is 13.5. The van der Waals surface area contributed by atoms with Crippen molar-refractivity contribution in [3.63, 3.8) is 0 Å². The van der Waals surface area contributed by atoms with E-state index in [2.05, 4.69) is 10.1 Å². The number of nitrogens with one attached hydrogen (secondary N) is 1. The minimum absolute atomic E-state index is 0.0491. The monoisotopic (exact) mass is 491 g/mol. The molecule has 0 bridgehead atoms. The van der Waals surface area contributed by atoms with Gasteiger partial charge in [0.15, 0.2) is 0 Å². The zero-order valence-corrected chi connectivity index (χ0v) is 18.3. The number of alkyl halides is 3. The van der Waals surface area contributed by atoms with E-state index in [9.17, 15) is 27.2 Å². The van der Waals surface area contributed by atoms with Crippen molar-refractivity contribution in [2.45, 2.75) is 6.36 Å². The highest BCUT2D eigenvalue weighted by molar-refractivity contribution is 5.79. The highest BCUT2D eigenvalue weighted by atomic mass is 19.4. The van der Waals surface area contributed by atoms with Gasteiger partial charge in [0.25, 0.3) is 5.56 Å². The van der Waals surface area contributed by atoms with E-state index < -0.39 is 23.5 Å². The van der Waals surface area contributed by atoms with Gasteiger partial charge in [0.2, 0.25) is 5.91 Å². The van der Waals surface area contributed by atoms with Gasteiger partial charge in [0.05, 0.1) is 13.1 Å². The second-order valence-corrected chi connectivity index (χ2v) is 7.71. The molecule has 7 nitrogen and oxygen atoms in total. The van der Waals surface area contributed by atoms with Crippen molar-refractivity contribution in [3.05, 3.63) is 77.0 Å². The SMILES string of the molecule is O=C1CNCCN1CCOc1cc(=O)n(-c2ccc(OC(F)(F)F)cc2)cc1-c1ccc(F)cc1. The molecule has 1 N–H and O–H groups in total. The summed E-state index contributed by atoms with van der Waals surface area (Å²) in [6.45, 7) is 1.93. The summed E-state index contributed by atoms with van der Waals surface area (Å²) in [6.07, 6.45) is -3.36. The first-order valence-electron chi connectivity index (χ1n) is 10.7. The summed E-state index contributed by atoms with van der Waals surface area (Å²) >= 11 is 0. The van der Waals surface area contributed by atoms with E-state index in [0.29, 0.717) is 36.4 Å². The number of hydrogen-bond acceptors (Lipinski definition) is 5. The summed E-state index contributed by atoms with van der Waals surface area (Å²) in [5, 5.41) is 2.98. The number of rotatable bonds is 7. The summed E-state index contributed by atoms with van der Waals surface area (Å²) in [6, 6.07) is 11.6. The van der Waals surface area contributed by atoms with E-state index in [1.54, 1.807) is 4.90 Å². The zero-order valence-electron chi connectivity index (χ0n) is 18.3. The first-order chi connectivity index (χ1) is 16.7. The molecule has 1 saturated heterocycles. The number of pyridine rings is 1. The Hall–Kier alpha value is -3.86. The van der Waals surface area contributed by atoms with Crippen molar-refractivity contribution >= 4 is 5.91 Å². The second-order valence-electron chi connectivity index (χ2n) is 7.71. The van der Waals surface area contributed by atoms with Crippen LogP contribution in [0.2, 0.25) is 0 Å². The van der Waals surface area contributed by atoms with Gasteiger partial charge in [-0.3, -0.25) is 14.2 Å². The molecule has 35 heavy (non-hydrogen) atoms. The predicted molar refractivity (Wildman–Crippen MR) is 119 cm³/mol. The lowest BCUT2D eigenvalue weighted by Gasteiger charge is -2.27. The molecule has 0 aliphatic carbocycles. The molecule has 1 amide bonds. The first-order valence-corrected chi connectivity index (χ1v) is 10.7. The number of halogens is 4. The quantitative estimate of drug-likeness (QED) is 0.514. The lowest BCUT2D eigenvalue weighted by molar-refractivity contribution is -0.274. The van der Waals surface area contributed by atoms with Crippen LogP contribution in [0.1, 0.15) is 0 Å². The van der Waals surface area contributed by atoms with Crippen LogP contribution in [0.5, 0.6) is 11.5 Å². The Bertz CT molecular complexity index is 1240. The Morgan fingerprint density at radius 3 is 2.37 bits per heavy atom. The minimum atomic E-state index is -4.83. The average Bonchev–Trinajstić information content (AvgIpc) is 2.81. The molecule has 4 rings (SSSR count). The van der Waals surface area contributed by atoms with Crippen LogP contribution in [0, 0.1) is 5.82 Å². The van der Waals surface area contributed by atoms with Crippen molar-refractivity contribution in [2.75, 3.05) is 32.8 Å². The normalized spacial score (nSPS) is 14.2. The molecule has 0 radical (unpaired) electrons. The van der Waals surface area contributed by atoms with Crippen LogP contribution in [-0.2, 0) is 4.79 Å². The lowest BCUT2D eigenvalue weighted by atomic mass is 10.1.